The number of alkyl carbamates (subject to hydrolysis) is 1. The smallest absolute Gasteiger partial charge is 0.408 e. The molecular weight excluding hydrogens is 353 g/mol. The zero-order valence-electron chi connectivity index (χ0n) is 14.2. The van der Waals surface area contributed by atoms with Gasteiger partial charge in [0.25, 0.3) is 0 Å². The number of amides is 1. The molecule has 0 aliphatic heterocycles. The van der Waals surface area contributed by atoms with Crippen LogP contribution in [-0.4, -0.2) is 24.3 Å². The van der Waals surface area contributed by atoms with Gasteiger partial charge in [0.1, 0.15) is 19.3 Å². The van der Waals surface area contributed by atoms with Gasteiger partial charge in [0.15, 0.2) is 8.46 Å². The Morgan fingerprint density at radius 2 is 1.42 bits per heavy atom. The molecule has 0 fully saturated rings. The molecule has 0 saturated heterocycles. The summed E-state index contributed by atoms with van der Waals surface area (Å²) in [4.78, 5) is 24.2. The molecule has 0 spiro atoms. The monoisotopic (exact) mass is 373 g/mol. The van der Waals surface area contributed by atoms with Crippen molar-refractivity contribution in [3.05, 3.63) is 71.8 Å². The first-order chi connectivity index (χ1) is 12.7. The minimum atomic E-state index is -0.913. The molecule has 0 aliphatic carbocycles. The Balaban J connectivity index is 1.85. The Kier molecular flexibility index (Phi) is 8.30. The topological polar surface area (TPSA) is 81.7 Å². The third kappa shape index (κ3) is 7.03. The summed E-state index contributed by atoms with van der Waals surface area (Å²) in [7, 11) is -0.104. The minimum Gasteiger partial charge on any atom is -0.459 e. The van der Waals surface area contributed by atoms with Gasteiger partial charge in [-0.15, -0.1) is 0 Å². The Labute approximate surface area is 153 Å². The summed E-state index contributed by atoms with van der Waals surface area (Å²) >= 11 is 0. The molecule has 26 heavy (non-hydrogen) atoms. The number of benzene rings is 2. The van der Waals surface area contributed by atoms with Gasteiger partial charge in [-0.25, -0.2) is 9.59 Å². The number of esters is 1. The molecule has 0 unspecified atom stereocenters. The van der Waals surface area contributed by atoms with Crippen LogP contribution < -0.4 is 5.32 Å². The Hall–Kier alpha value is -2.72. The highest BCUT2D eigenvalue weighted by atomic mass is 31.1. The zero-order valence-corrected chi connectivity index (χ0v) is 15.1. The Morgan fingerprint density at radius 3 is 1.96 bits per heavy atom. The molecule has 1 amide bonds. The van der Waals surface area contributed by atoms with E-state index in [9.17, 15) is 14.2 Å². The number of hydrogen-bond donors (Lipinski definition) is 1. The highest BCUT2D eigenvalue weighted by Crippen LogP contribution is 2.07. The van der Waals surface area contributed by atoms with Crippen LogP contribution in [-0.2, 0) is 32.0 Å². The van der Waals surface area contributed by atoms with Crippen LogP contribution in [0.4, 0.5) is 4.79 Å². The van der Waals surface area contributed by atoms with Crippen LogP contribution in [0.25, 0.3) is 0 Å². The Bertz CT molecular complexity index is 708. The fourth-order valence-corrected chi connectivity index (χ4v) is 2.53. The predicted molar refractivity (Wildman–Crippen MR) is 96.9 cm³/mol. The van der Waals surface area contributed by atoms with E-state index < -0.39 is 18.1 Å². The molecule has 2 rings (SSSR count). The number of hydrogen-bond acceptors (Lipinski definition) is 5. The third-order valence-electron chi connectivity index (χ3n) is 3.52. The number of rotatable bonds is 9. The second-order valence-electron chi connectivity index (χ2n) is 5.49. The summed E-state index contributed by atoms with van der Waals surface area (Å²) in [5.41, 5.74) is 1.68. The SMILES string of the molecule is O=PCC[C@H](NC(=O)OCc1ccccc1)C(=O)OCc1ccccc1. The highest BCUT2D eigenvalue weighted by molar-refractivity contribution is 7.23. The maximum absolute atomic E-state index is 12.2. The predicted octanol–water partition coefficient (Wildman–Crippen LogP) is 3.71. The molecule has 2 aromatic carbocycles. The van der Waals surface area contributed by atoms with Crippen LogP contribution in [0, 0.1) is 0 Å². The van der Waals surface area contributed by atoms with Crippen LogP contribution in [0.2, 0.25) is 0 Å². The molecule has 0 radical (unpaired) electrons. The molecule has 0 aromatic heterocycles. The summed E-state index contributed by atoms with van der Waals surface area (Å²) in [5, 5.41) is 2.48. The largest absolute Gasteiger partial charge is 0.459 e. The number of carbonyl (C=O) groups excluding carboxylic acids is 2. The van der Waals surface area contributed by atoms with Crippen molar-refractivity contribution in [2.45, 2.75) is 25.7 Å². The van der Waals surface area contributed by atoms with E-state index in [1.165, 1.54) is 0 Å². The maximum atomic E-state index is 12.2. The van der Waals surface area contributed by atoms with E-state index in [4.69, 9.17) is 9.47 Å². The van der Waals surface area contributed by atoms with Crippen LogP contribution in [0.3, 0.4) is 0 Å². The van der Waals surface area contributed by atoms with Gasteiger partial charge >= 0.3 is 12.1 Å². The molecule has 0 heterocycles. The molecule has 0 aliphatic rings. The first-order valence-electron chi connectivity index (χ1n) is 8.16. The first-order valence-corrected chi connectivity index (χ1v) is 9.15. The maximum Gasteiger partial charge on any atom is 0.408 e. The van der Waals surface area contributed by atoms with Crippen LogP contribution in [0.5, 0.6) is 0 Å². The molecule has 136 valence electrons. The lowest BCUT2D eigenvalue weighted by atomic mass is 10.2. The van der Waals surface area contributed by atoms with Gasteiger partial charge in [-0.05, 0) is 17.5 Å². The molecule has 2 aromatic rings. The van der Waals surface area contributed by atoms with Gasteiger partial charge < -0.3 is 14.8 Å². The van der Waals surface area contributed by atoms with Crippen molar-refractivity contribution in [1.29, 1.82) is 0 Å². The second-order valence-corrected chi connectivity index (χ2v) is 6.20. The van der Waals surface area contributed by atoms with E-state index in [1.807, 2.05) is 60.7 Å². The van der Waals surface area contributed by atoms with E-state index in [0.717, 1.165) is 11.1 Å². The van der Waals surface area contributed by atoms with Gasteiger partial charge in [0.05, 0.1) is 0 Å². The van der Waals surface area contributed by atoms with E-state index in [0.29, 0.717) is 0 Å². The summed E-state index contributed by atoms with van der Waals surface area (Å²) in [6.07, 6.45) is -0.304. The summed E-state index contributed by atoms with van der Waals surface area (Å²) in [5.74, 6) is -0.589. The van der Waals surface area contributed by atoms with Crippen molar-refractivity contribution < 1.29 is 23.6 Å². The van der Waals surface area contributed by atoms with Gasteiger partial charge in [0, 0.05) is 6.16 Å². The van der Waals surface area contributed by atoms with E-state index >= 15 is 0 Å². The lowest BCUT2D eigenvalue weighted by molar-refractivity contribution is -0.147. The highest BCUT2D eigenvalue weighted by Gasteiger charge is 2.23. The third-order valence-corrected chi connectivity index (χ3v) is 3.96. The summed E-state index contributed by atoms with van der Waals surface area (Å²) in [6, 6.07) is 17.5. The van der Waals surface area contributed by atoms with Crippen LogP contribution in [0.1, 0.15) is 17.5 Å². The van der Waals surface area contributed by atoms with Crippen molar-refractivity contribution in [2.75, 3.05) is 6.16 Å². The number of nitrogens with one attached hydrogen (secondary N) is 1. The van der Waals surface area contributed by atoms with Gasteiger partial charge in [-0.3, -0.25) is 4.57 Å². The fourth-order valence-electron chi connectivity index (χ4n) is 2.17. The lowest BCUT2D eigenvalue weighted by Gasteiger charge is -2.16. The van der Waals surface area contributed by atoms with Crippen molar-refractivity contribution in [2.24, 2.45) is 0 Å². The average Bonchev–Trinajstić information content (AvgIpc) is 2.69. The molecule has 1 N–H and O–H groups in total. The minimum absolute atomic E-state index is 0.0955. The van der Waals surface area contributed by atoms with Crippen LogP contribution in [0.15, 0.2) is 60.7 Å². The normalized spacial score (nSPS) is 11.5. The van der Waals surface area contributed by atoms with Gasteiger partial charge in [0.2, 0.25) is 0 Å². The van der Waals surface area contributed by atoms with Crippen LogP contribution >= 0.6 is 8.46 Å². The van der Waals surface area contributed by atoms with Crippen molar-refractivity contribution in [1.82, 2.24) is 5.32 Å². The van der Waals surface area contributed by atoms with Crippen molar-refractivity contribution in [3.63, 3.8) is 0 Å². The second kappa shape index (κ2) is 11.0. The van der Waals surface area contributed by atoms with E-state index in [-0.39, 0.29) is 34.3 Å². The van der Waals surface area contributed by atoms with E-state index in [2.05, 4.69) is 5.32 Å². The van der Waals surface area contributed by atoms with Gasteiger partial charge in [-0.2, -0.15) is 0 Å². The molecule has 6 nitrogen and oxygen atoms in total. The average molecular weight is 373 g/mol. The van der Waals surface area contributed by atoms with E-state index in [1.54, 1.807) is 0 Å². The molecular formula is C19H20NO5P. The molecule has 1 atom stereocenters. The molecule has 0 bridgehead atoms. The molecule has 0 saturated carbocycles. The van der Waals surface area contributed by atoms with Crippen molar-refractivity contribution >= 4 is 20.5 Å². The number of carbonyl (C=O) groups is 2. The lowest BCUT2D eigenvalue weighted by Crippen LogP contribution is -2.42. The number of ether oxygens (including phenoxy) is 2. The molecule has 7 heteroatoms. The van der Waals surface area contributed by atoms with Gasteiger partial charge in [-0.1, -0.05) is 60.7 Å². The zero-order chi connectivity index (χ0) is 18.6. The standard InChI is InChI=1S/C19H20NO5P/c21-18(24-13-15-7-3-1-4-8-15)17(11-12-26-23)20-19(22)25-14-16-9-5-2-6-10-16/h1-10,17H,11-14H2,(H,20,22)/t17-/m0/s1. The van der Waals surface area contributed by atoms with Crippen molar-refractivity contribution in [3.8, 4) is 0 Å². The quantitative estimate of drug-likeness (QED) is 0.535. The summed E-state index contributed by atoms with van der Waals surface area (Å²) in [6.45, 7) is 0.199. The summed E-state index contributed by atoms with van der Waals surface area (Å²) < 4.78 is 21.1. The fraction of sp³-hybridized carbons (Fsp3) is 0.263. The Morgan fingerprint density at radius 1 is 0.885 bits per heavy atom. The first kappa shape index (κ1) is 19.6.